The maximum atomic E-state index is 13.8. The zero-order valence-electron chi connectivity index (χ0n) is 11.5. The average molecular weight is 358 g/mol. The number of likely N-dealkylation sites (N-methyl/N-ethyl adjacent to an activating group) is 1. The van der Waals surface area contributed by atoms with E-state index in [1.165, 1.54) is 18.2 Å². The molecule has 2 aromatic rings. The highest BCUT2D eigenvalue weighted by atomic mass is 79.9. The quantitative estimate of drug-likeness (QED) is 0.813. The molecule has 0 aliphatic heterocycles. The van der Waals surface area contributed by atoms with Crippen LogP contribution in [0.25, 0.3) is 0 Å². The van der Waals surface area contributed by atoms with Crippen LogP contribution in [0.1, 0.15) is 24.1 Å². The highest BCUT2D eigenvalue weighted by molar-refractivity contribution is 9.10. The first-order valence-corrected chi connectivity index (χ1v) is 7.42. The van der Waals surface area contributed by atoms with Gasteiger partial charge in [0.25, 0.3) is 0 Å². The summed E-state index contributed by atoms with van der Waals surface area (Å²) in [6.45, 7) is 2.50. The Bertz CT molecular complexity index is 611. The van der Waals surface area contributed by atoms with Crippen molar-refractivity contribution in [3.05, 3.63) is 69.4 Å². The van der Waals surface area contributed by atoms with Crippen LogP contribution in [0.4, 0.5) is 13.2 Å². The van der Waals surface area contributed by atoms with Gasteiger partial charge in [-0.25, -0.2) is 13.2 Å². The molecule has 0 amide bonds. The lowest BCUT2D eigenvalue weighted by Gasteiger charge is -2.19. The monoisotopic (exact) mass is 357 g/mol. The van der Waals surface area contributed by atoms with Gasteiger partial charge >= 0.3 is 0 Å². The number of nitrogens with one attached hydrogen (secondary N) is 1. The van der Waals surface area contributed by atoms with Crippen molar-refractivity contribution in [2.75, 3.05) is 6.54 Å². The molecule has 0 spiro atoms. The van der Waals surface area contributed by atoms with Gasteiger partial charge < -0.3 is 5.32 Å². The third kappa shape index (κ3) is 4.32. The molecule has 2 aromatic carbocycles. The van der Waals surface area contributed by atoms with Gasteiger partial charge in [0, 0.05) is 16.6 Å². The lowest BCUT2D eigenvalue weighted by Crippen LogP contribution is -2.23. The molecule has 0 aromatic heterocycles. The Hall–Kier alpha value is -1.33. The van der Waals surface area contributed by atoms with Crippen LogP contribution in [0.5, 0.6) is 0 Å². The van der Waals surface area contributed by atoms with Gasteiger partial charge in [-0.3, -0.25) is 0 Å². The Morgan fingerprint density at radius 3 is 2.33 bits per heavy atom. The van der Waals surface area contributed by atoms with Crippen LogP contribution in [0.15, 0.2) is 40.9 Å². The summed E-state index contributed by atoms with van der Waals surface area (Å²) in [5.74, 6) is -1.61. The van der Waals surface area contributed by atoms with E-state index in [0.29, 0.717) is 24.1 Å². The van der Waals surface area contributed by atoms with Crippen LogP contribution in [-0.2, 0) is 6.42 Å². The van der Waals surface area contributed by atoms with Crippen LogP contribution < -0.4 is 5.32 Å². The Morgan fingerprint density at radius 1 is 1.05 bits per heavy atom. The Morgan fingerprint density at radius 2 is 1.71 bits per heavy atom. The first-order chi connectivity index (χ1) is 9.99. The maximum Gasteiger partial charge on any atom is 0.126 e. The Balaban J connectivity index is 2.32. The standard InChI is InChI=1S/C16H15BrF3N/c1-2-21-16(11-6-13(18)9-14(19)7-11)8-10-5-12(17)3-4-15(10)20/h3-7,9,16,21H,2,8H2,1H3. The molecule has 0 aliphatic carbocycles. The van der Waals surface area contributed by atoms with Gasteiger partial charge in [0.1, 0.15) is 17.5 Å². The largest absolute Gasteiger partial charge is 0.310 e. The fourth-order valence-corrected chi connectivity index (χ4v) is 2.66. The zero-order valence-corrected chi connectivity index (χ0v) is 13.1. The smallest absolute Gasteiger partial charge is 0.126 e. The number of hydrogen-bond acceptors (Lipinski definition) is 1. The molecule has 0 saturated carbocycles. The van der Waals surface area contributed by atoms with E-state index in [1.54, 1.807) is 12.1 Å². The number of rotatable bonds is 5. The van der Waals surface area contributed by atoms with E-state index in [1.807, 2.05) is 6.92 Å². The third-order valence-electron chi connectivity index (χ3n) is 3.17. The van der Waals surface area contributed by atoms with Crippen LogP contribution in [0.3, 0.4) is 0 Å². The van der Waals surface area contributed by atoms with E-state index < -0.39 is 11.6 Å². The van der Waals surface area contributed by atoms with Gasteiger partial charge in [0.2, 0.25) is 0 Å². The third-order valence-corrected chi connectivity index (χ3v) is 3.66. The van der Waals surface area contributed by atoms with Gasteiger partial charge in [-0.05, 0) is 54.4 Å². The van der Waals surface area contributed by atoms with Crippen molar-refractivity contribution in [2.24, 2.45) is 0 Å². The van der Waals surface area contributed by atoms with Crippen molar-refractivity contribution in [1.82, 2.24) is 5.32 Å². The lowest BCUT2D eigenvalue weighted by molar-refractivity contribution is 0.515. The van der Waals surface area contributed by atoms with Gasteiger partial charge in [-0.1, -0.05) is 22.9 Å². The summed E-state index contributed by atoms with van der Waals surface area (Å²) in [6, 6.07) is 7.67. The second kappa shape index (κ2) is 7.09. The molecule has 0 fully saturated rings. The highest BCUT2D eigenvalue weighted by Crippen LogP contribution is 2.24. The van der Waals surface area contributed by atoms with E-state index in [2.05, 4.69) is 21.2 Å². The first-order valence-electron chi connectivity index (χ1n) is 6.63. The minimum absolute atomic E-state index is 0.308. The van der Waals surface area contributed by atoms with Gasteiger partial charge in [-0.15, -0.1) is 0 Å². The predicted octanol–water partition coefficient (Wildman–Crippen LogP) is 4.76. The molecular formula is C16H15BrF3N. The minimum Gasteiger partial charge on any atom is -0.310 e. The van der Waals surface area contributed by atoms with Crippen LogP contribution in [-0.4, -0.2) is 6.54 Å². The van der Waals surface area contributed by atoms with Crippen molar-refractivity contribution < 1.29 is 13.2 Å². The normalized spacial score (nSPS) is 12.4. The second-order valence-electron chi connectivity index (χ2n) is 4.75. The van der Waals surface area contributed by atoms with Gasteiger partial charge in [0.05, 0.1) is 0 Å². The molecule has 5 heteroatoms. The van der Waals surface area contributed by atoms with Gasteiger partial charge in [-0.2, -0.15) is 0 Å². The Labute approximate surface area is 130 Å². The van der Waals surface area contributed by atoms with E-state index in [4.69, 9.17) is 0 Å². The van der Waals surface area contributed by atoms with E-state index >= 15 is 0 Å². The van der Waals surface area contributed by atoms with Crippen molar-refractivity contribution >= 4 is 15.9 Å². The fraction of sp³-hybridized carbons (Fsp3) is 0.250. The molecular weight excluding hydrogens is 343 g/mol. The van der Waals surface area contributed by atoms with E-state index in [0.717, 1.165) is 10.5 Å². The van der Waals surface area contributed by atoms with Crippen molar-refractivity contribution in [3.63, 3.8) is 0 Å². The average Bonchev–Trinajstić information content (AvgIpc) is 2.41. The SMILES string of the molecule is CCNC(Cc1cc(Br)ccc1F)c1cc(F)cc(F)c1. The summed E-state index contributed by atoms with van der Waals surface area (Å²) in [6.07, 6.45) is 0.308. The molecule has 0 saturated heterocycles. The molecule has 1 N–H and O–H groups in total. The summed E-state index contributed by atoms with van der Waals surface area (Å²) in [4.78, 5) is 0. The molecule has 21 heavy (non-hydrogen) atoms. The molecule has 0 bridgehead atoms. The summed E-state index contributed by atoms with van der Waals surface area (Å²) in [5, 5.41) is 3.13. The highest BCUT2D eigenvalue weighted by Gasteiger charge is 2.16. The van der Waals surface area contributed by atoms with Crippen LogP contribution >= 0.6 is 15.9 Å². The second-order valence-corrected chi connectivity index (χ2v) is 5.67. The lowest BCUT2D eigenvalue weighted by atomic mass is 9.98. The molecule has 0 radical (unpaired) electrons. The van der Waals surface area contributed by atoms with E-state index in [9.17, 15) is 13.2 Å². The first kappa shape index (κ1) is 16.0. The zero-order chi connectivity index (χ0) is 15.4. The summed E-state index contributed by atoms with van der Waals surface area (Å²) in [5.41, 5.74) is 0.953. The maximum absolute atomic E-state index is 13.8. The molecule has 1 nitrogen and oxygen atoms in total. The summed E-state index contributed by atoms with van der Waals surface area (Å²) in [7, 11) is 0. The predicted molar refractivity (Wildman–Crippen MR) is 80.6 cm³/mol. The number of benzene rings is 2. The minimum atomic E-state index is -0.636. The van der Waals surface area contributed by atoms with Crippen LogP contribution in [0.2, 0.25) is 0 Å². The van der Waals surface area contributed by atoms with Crippen molar-refractivity contribution in [1.29, 1.82) is 0 Å². The molecule has 0 aliphatic rings. The van der Waals surface area contributed by atoms with Crippen molar-refractivity contribution in [3.8, 4) is 0 Å². The Kier molecular flexibility index (Phi) is 5.42. The summed E-state index contributed by atoms with van der Waals surface area (Å²) < 4.78 is 41.3. The topological polar surface area (TPSA) is 12.0 Å². The van der Waals surface area contributed by atoms with Gasteiger partial charge in [0.15, 0.2) is 0 Å². The fourth-order valence-electron chi connectivity index (χ4n) is 2.25. The molecule has 1 unspecified atom stereocenters. The molecule has 112 valence electrons. The van der Waals surface area contributed by atoms with E-state index in [-0.39, 0.29) is 11.9 Å². The molecule has 2 rings (SSSR count). The molecule has 0 heterocycles. The van der Waals surface area contributed by atoms with Crippen molar-refractivity contribution in [2.45, 2.75) is 19.4 Å². The number of hydrogen-bond donors (Lipinski definition) is 1. The number of halogens is 4. The summed E-state index contributed by atoms with van der Waals surface area (Å²) >= 11 is 3.30. The molecule has 1 atom stereocenters. The van der Waals surface area contributed by atoms with Crippen LogP contribution in [0, 0.1) is 17.5 Å².